The lowest BCUT2D eigenvalue weighted by Gasteiger charge is -2.22. The normalized spacial score (nSPS) is 16.1. The Bertz CT molecular complexity index is 416. The van der Waals surface area contributed by atoms with E-state index in [9.17, 15) is 4.79 Å². The van der Waals surface area contributed by atoms with Gasteiger partial charge in [0.05, 0.1) is 19.1 Å². The molecule has 0 aromatic heterocycles. The average molecular weight is 298 g/mol. The van der Waals surface area contributed by atoms with Crippen LogP contribution >= 0.6 is 11.6 Å². The number of benzene rings is 1. The minimum absolute atomic E-state index is 0.228. The standard InChI is InChI=1S/C15H20ClNO3/c16-13-3-1-12(2-4-13)11-20-15(18)7-10-19-14-5-8-17-9-6-14/h1-4,14,17H,5-11H2. The Morgan fingerprint density at radius 2 is 1.95 bits per heavy atom. The Kier molecular flexibility index (Phi) is 6.30. The molecule has 0 amide bonds. The maximum absolute atomic E-state index is 11.6. The molecule has 0 radical (unpaired) electrons. The number of hydrogen-bond acceptors (Lipinski definition) is 4. The molecular formula is C15H20ClNO3. The van der Waals surface area contributed by atoms with Crippen molar-refractivity contribution in [3.05, 3.63) is 34.9 Å². The van der Waals surface area contributed by atoms with Gasteiger partial charge in [-0.3, -0.25) is 4.79 Å². The summed E-state index contributed by atoms with van der Waals surface area (Å²) in [4.78, 5) is 11.6. The fourth-order valence-corrected chi connectivity index (χ4v) is 2.21. The first-order chi connectivity index (χ1) is 9.74. The molecule has 1 saturated heterocycles. The third-order valence-electron chi connectivity index (χ3n) is 3.26. The van der Waals surface area contributed by atoms with Crippen molar-refractivity contribution in [2.75, 3.05) is 19.7 Å². The van der Waals surface area contributed by atoms with Gasteiger partial charge in [-0.15, -0.1) is 0 Å². The largest absolute Gasteiger partial charge is 0.461 e. The van der Waals surface area contributed by atoms with Gasteiger partial charge >= 0.3 is 5.97 Å². The highest BCUT2D eigenvalue weighted by Crippen LogP contribution is 2.11. The topological polar surface area (TPSA) is 47.6 Å². The summed E-state index contributed by atoms with van der Waals surface area (Å²) in [7, 11) is 0. The Balaban J connectivity index is 1.59. The summed E-state index contributed by atoms with van der Waals surface area (Å²) in [5.41, 5.74) is 0.932. The van der Waals surface area contributed by atoms with Crippen LogP contribution in [0.4, 0.5) is 0 Å². The van der Waals surface area contributed by atoms with Gasteiger partial charge in [0.15, 0.2) is 0 Å². The van der Waals surface area contributed by atoms with Gasteiger partial charge in [-0.25, -0.2) is 0 Å². The van der Waals surface area contributed by atoms with E-state index in [1.165, 1.54) is 0 Å². The predicted octanol–water partition coefficient (Wildman–Crippen LogP) is 2.54. The molecule has 0 unspecified atom stereocenters. The Hall–Kier alpha value is -1.10. The highest BCUT2D eigenvalue weighted by Gasteiger charge is 2.13. The van der Waals surface area contributed by atoms with Gasteiger partial charge in [-0.2, -0.15) is 0 Å². The van der Waals surface area contributed by atoms with E-state index in [1.807, 2.05) is 12.1 Å². The van der Waals surface area contributed by atoms with Crippen LogP contribution in [0.25, 0.3) is 0 Å². The maximum atomic E-state index is 11.6. The molecule has 0 saturated carbocycles. The van der Waals surface area contributed by atoms with Crippen LogP contribution in [-0.4, -0.2) is 31.8 Å². The molecule has 1 heterocycles. The number of nitrogens with one attached hydrogen (secondary N) is 1. The van der Waals surface area contributed by atoms with Gasteiger partial charge < -0.3 is 14.8 Å². The highest BCUT2D eigenvalue weighted by atomic mass is 35.5. The van der Waals surface area contributed by atoms with E-state index in [-0.39, 0.29) is 18.7 Å². The van der Waals surface area contributed by atoms with Gasteiger partial charge in [-0.05, 0) is 43.6 Å². The van der Waals surface area contributed by atoms with Crippen molar-refractivity contribution in [1.29, 1.82) is 0 Å². The summed E-state index contributed by atoms with van der Waals surface area (Å²) < 4.78 is 10.8. The predicted molar refractivity (Wildman–Crippen MR) is 77.7 cm³/mol. The average Bonchev–Trinajstić information content (AvgIpc) is 2.48. The number of ether oxygens (including phenoxy) is 2. The van der Waals surface area contributed by atoms with Gasteiger partial charge in [0.25, 0.3) is 0 Å². The van der Waals surface area contributed by atoms with Crippen molar-refractivity contribution >= 4 is 17.6 Å². The van der Waals surface area contributed by atoms with E-state index in [0.29, 0.717) is 18.1 Å². The van der Waals surface area contributed by atoms with Crippen LogP contribution in [0, 0.1) is 0 Å². The summed E-state index contributed by atoms with van der Waals surface area (Å²) in [6.45, 7) is 2.70. The number of carbonyl (C=O) groups excluding carboxylic acids is 1. The van der Waals surface area contributed by atoms with Gasteiger partial charge in [0.1, 0.15) is 6.61 Å². The zero-order valence-corrected chi connectivity index (χ0v) is 12.2. The van der Waals surface area contributed by atoms with Crippen LogP contribution in [0.2, 0.25) is 5.02 Å². The van der Waals surface area contributed by atoms with Crippen LogP contribution < -0.4 is 5.32 Å². The molecule has 1 N–H and O–H groups in total. The molecule has 0 atom stereocenters. The zero-order chi connectivity index (χ0) is 14.2. The Morgan fingerprint density at radius 3 is 2.65 bits per heavy atom. The number of halogens is 1. The molecule has 20 heavy (non-hydrogen) atoms. The lowest BCUT2D eigenvalue weighted by Crippen LogP contribution is -2.32. The van der Waals surface area contributed by atoms with Crippen molar-refractivity contribution in [3.63, 3.8) is 0 Å². The SMILES string of the molecule is O=C(CCOC1CCNCC1)OCc1ccc(Cl)cc1. The third kappa shape index (κ3) is 5.49. The minimum atomic E-state index is -0.228. The summed E-state index contributed by atoms with van der Waals surface area (Å²) >= 11 is 5.79. The molecule has 1 aliphatic rings. The van der Waals surface area contributed by atoms with E-state index in [2.05, 4.69) is 5.32 Å². The van der Waals surface area contributed by atoms with Gasteiger partial charge in [0, 0.05) is 5.02 Å². The quantitative estimate of drug-likeness (QED) is 0.820. The third-order valence-corrected chi connectivity index (χ3v) is 3.51. The van der Waals surface area contributed by atoms with Crippen molar-refractivity contribution < 1.29 is 14.3 Å². The molecule has 1 aliphatic heterocycles. The molecule has 2 rings (SSSR count). The number of rotatable bonds is 6. The number of piperidine rings is 1. The monoisotopic (exact) mass is 297 g/mol. The van der Waals surface area contributed by atoms with Crippen molar-refractivity contribution in [2.24, 2.45) is 0 Å². The molecule has 1 aromatic rings. The van der Waals surface area contributed by atoms with Crippen molar-refractivity contribution in [2.45, 2.75) is 32.0 Å². The lowest BCUT2D eigenvalue weighted by molar-refractivity contribution is -0.146. The number of hydrogen-bond donors (Lipinski definition) is 1. The summed E-state index contributed by atoms with van der Waals surface area (Å²) in [5.74, 6) is -0.228. The van der Waals surface area contributed by atoms with E-state index >= 15 is 0 Å². The second kappa shape index (κ2) is 8.25. The van der Waals surface area contributed by atoms with Gasteiger partial charge in [0.2, 0.25) is 0 Å². The van der Waals surface area contributed by atoms with Crippen LogP contribution in [0.15, 0.2) is 24.3 Å². The van der Waals surface area contributed by atoms with Crippen LogP contribution in [-0.2, 0) is 20.9 Å². The fourth-order valence-electron chi connectivity index (χ4n) is 2.09. The Labute approximate surface area is 124 Å². The minimum Gasteiger partial charge on any atom is -0.461 e. The van der Waals surface area contributed by atoms with Crippen molar-refractivity contribution in [3.8, 4) is 0 Å². The van der Waals surface area contributed by atoms with E-state index in [0.717, 1.165) is 31.5 Å². The first kappa shape index (κ1) is 15.3. The molecule has 1 aromatic carbocycles. The molecule has 0 aliphatic carbocycles. The first-order valence-electron chi connectivity index (χ1n) is 6.96. The second-order valence-corrected chi connectivity index (χ2v) is 5.29. The maximum Gasteiger partial charge on any atom is 0.308 e. The summed E-state index contributed by atoms with van der Waals surface area (Å²) in [6.07, 6.45) is 2.61. The van der Waals surface area contributed by atoms with E-state index < -0.39 is 0 Å². The number of carbonyl (C=O) groups is 1. The van der Waals surface area contributed by atoms with E-state index in [4.69, 9.17) is 21.1 Å². The fraction of sp³-hybridized carbons (Fsp3) is 0.533. The number of esters is 1. The van der Waals surface area contributed by atoms with Crippen molar-refractivity contribution in [1.82, 2.24) is 5.32 Å². The molecular weight excluding hydrogens is 278 g/mol. The Morgan fingerprint density at radius 1 is 1.25 bits per heavy atom. The lowest BCUT2D eigenvalue weighted by atomic mass is 10.1. The zero-order valence-electron chi connectivity index (χ0n) is 11.4. The van der Waals surface area contributed by atoms with Gasteiger partial charge in [-0.1, -0.05) is 23.7 Å². The smallest absolute Gasteiger partial charge is 0.308 e. The first-order valence-corrected chi connectivity index (χ1v) is 7.34. The molecule has 0 spiro atoms. The summed E-state index contributed by atoms with van der Waals surface area (Å²) in [6, 6.07) is 7.26. The second-order valence-electron chi connectivity index (χ2n) is 4.86. The highest BCUT2D eigenvalue weighted by molar-refractivity contribution is 6.30. The van der Waals surface area contributed by atoms with Crippen LogP contribution in [0.3, 0.4) is 0 Å². The van der Waals surface area contributed by atoms with Crippen LogP contribution in [0.5, 0.6) is 0 Å². The molecule has 1 fully saturated rings. The summed E-state index contributed by atoms with van der Waals surface area (Å²) in [5, 5.41) is 3.95. The molecule has 110 valence electrons. The molecule has 0 bridgehead atoms. The van der Waals surface area contributed by atoms with Crippen LogP contribution in [0.1, 0.15) is 24.8 Å². The molecule has 5 heteroatoms. The molecule has 4 nitrogen and oxygen atoms in total. The van der Waals surface area contributed by atoms with E-state index in [1.54, 1.807) is 12.1 Å².